The van der Waals surface area contributed by atoms with Crippen LogP contribution in [0.1, 0.15) is 12.1 Å². The Bertz CT molecular complexity index is 685. The molecular formula is C11H6N4O2. The topological polar surface area (TPSA) is 95.6 Å². The first-order chi connectivity index (χ1) is 8.22. The van der Waals surface area contributed by atoms with E-state index in [9.17, 15) is 10.1 Å². The zero-order valence-corrected chi connectivity index (χ0v) is 8.60. The number of fused-ring (bicyclic) bond motifs is 1. The maximum Gasteiger partial charge on any atom is 0.270 e. The summed E-state index contributed by atoms with van der Waals surface area (Å²) in [5, 5.41) is 26.2. The number of nitro groups is 1. The molecule has 0 aliphatic heterocycles. The van der Waals surface area contributed by atoms with Gasteiger partial charge in [-0.25, -0.2) is 0 Å². The molecule has 0 atom stereocenters. The number of benzene rings is 1. The normalized spacial score (nSPS) is 9.35. The monoisotopic (exact) mass is 226 g/mol. The van der Waals surface area contributed by atoms with Crippen LogP contribution in [-0.2, 0) is 0 Å². The summed E-state index contributed by atoms with van der Waals surface area (Å²) in [6.45, 7) is 0. The van der Waals surface area contributed by atoms with Gasteiger partial charge in [0, 0.05) is 17.5 Å². The van der Waals surface area contributed by atoms with Gasteiger partial charge in [-0.15, -0.1) is 0 Å². The van der Waals surface area contributed by atoms with Crippen molar-refractivity contribution in [1.29, 1.82) is 5.26 Å². The van der Waals surface area contributed by atoms with E-state index in [4.69, 9.17) is 5.26 Å². The molecule has 0 unspecified atom stereocenters. The van der Waals surface area contributed by atoms with Crippen LogP contribution in [0.5, 0.6) is 0 Å². The largest absolute Gasteiger partial charge is 0.270 e. The van der Waals surface area contributed by atoms with E-state index in [1.807, 2.05) is 6.07 Å². The predicted molar refractivity (Wildman–Crippen MR) is 59.9 cm³/mol. The maximum absolute atomic E-state index is 10.6. The van der Waals surface area contributed by atoms with Gasteiger partial charge < -0.3 is 0 Å². The summed E-state index contributed by atoms with van der Waals surface area (Å²) >= 11 is 0. The molecule has 0 aliphatic rings. The predicted octanol–water partition coefficient (Wildman–Crippen LogP) is 1.74. The molecule has 1 heterocycles. The van der Waals surface area contributed by atoms with E-state index in [2.05, 4.69) is 22.0 Å². The second-order valence-electron chi connectivity index (χ2n) is 3.19. The average molecular weight is 226 g/mol. The molecule has 1 N–H and O–H groups in total. The number of non-ortho nitro benzene ring substituents is 1. The highest BCUT2D eigenvalue weighted by atomic mass is 16.6. The molecule has 0 fully saturated rings. The smallest absolute Gasteiger partial charge is 0.269 e. The van der Waals surface area contributed by atoms with Crippen LogP contribution in [-0.4, -0.2) is 15.1 Å². The highest BCUT2D eigenvalue weighted by Gasteiger charge is 2.10. The molecule has 0 saturated heterocycles. The van der Waals surface area contributed by atoms with Crippen molar-refractivity contribution in [3.05, 3.63) is 34.0 Å². The first-order valence-electron chi connectivity index (χ1n) is 4.70. The fourth-order valence-corrected chi connectivity index (χ4v) is 1.38. The van der Waals surface area contributed by atoms with Crippen LogP contribution >= 0.6 is 0 Å². The second kappa shape index (κ2) is 4.33. The van der Waals surface area contributed by atoms with Crippen LogP contribution in [0, 0.1) is 33.3 Å². The van der Waals surface area contributed by atoms with E-state index >= 15 is 0 Å². The van der Waals surface area contributed by atoms with Crippen molar-refractivity contribution in [2.24, 2.45) is 0 Å². The van der Waals surface area contributed by atoms with Crippen molar-refractivity contribution >= 4 is 16.6 Å². The molecule has 2 aromatic rings. The first kappa shape index (κ1) is 10.7. The van der Waals surface area contributed by atoms with Crippen LogP contribution in [0.4, 0.5) is 5.69 Å². The third kappa shape index (κ3) is 2.06. The molecular weight excluding hydrogens is 220 g/mol. The number of aromatic nitrogens is 2. The Kier molecular flexibility index (Phi) is 2.71. The molecule has 0 aliphatic carbocycles. The van der Waals surface area contributed by atoms with Gasteiger partial charge in [0.05, 0.1) is 22.9 Å². The van der Waals surface area contributed by atoms with Gasteiger partial charge in [-0.2, -0.15) is 10.4 Å². The standard InChI is InChI=1S/C11H6N4O2/c12-6-2-1-3-10-9-7-8(15(16)17)4-5-11(9)14-13-10/h4-5,7H,2H2,(H,13,14). The van der Waals surface area contributed by atoms with Crippen molar-refractivity contribution in [1.82, 2.24) is 10.2 Å². The molecule has 0 radical (unpaired) electrons. The molecule has 0 spiro atoms. The van der Waals surface area contributed by atoms with E-state index in [0.29, 0.717) is 16.6 Å². The lowest BCUT2D eigenvalue weighted by atomic mass is 10.2. The quantitative estimate of drug-likeness (QED) is 0.455. The van der Waals surface area contributed by atoms with Gasteiger partial charge in [-0.05, 0) is 12.0 Å². The maximum atomic E-state index is 10.6. The van der Waals surface area contributed by atoms with Crippen LogP contribution in [0.25, 0.3) is 10.9 Å². The summed E-state index contributed by atoms with van der Waals surface area (Å²) in [5.41, 5.74) is 1.08. The zero-order valence-electron chi connectivity index (χ0n) is 8.60. The molecule has 0 amide bonds. The minimum atomic E-state index is -0.473. The number of nitro benzene ring substituents is 1. The fourth-order valence-electron chi connectivity index (χ4n) is 1.38. The minimum Gasteiger partial charge on any atom is -0.269 e. The van der Waals surface area contributed by atoms with E-state index < -0.39 is 4.92 Å². The summed E-state index contributed by atoms with van der Waals surface area (Å²) in [6.07, 6.45) is 0.107. The Balaban J connectivity index is 2.52. The van der Waals surface area contributed by atoms with Crippen LogP contribution in [0.15, 0.2) is 18.2 Å². The third-order valence-electron chi connectivity index (χ3n) is 2.13. The Morgan fingerprint density at radius 2 is 2.35 bits per heavy atom. The molecule has 1 aromatic carbocycles. The number of hydrogen-bond acceptors (Lipinski definition) is 4. The van der Waals surface area contributed by atoms with Gasteiger partial charge in [0.1, 0.15) is 5.69 Å². The van der Waals surface area contributed by atoms with Crippen molar-refractivity contribution in [2.45, 2.75) is 6.42 Å². The van der Waals surface area contributed by atoms with E-state index in [0.717, 1.165) is 0 Å². The molecule has 1 aromatic heterocycles. The van der Waals surface area contributed by atoms with Crippen molar-refractivity contribution < 1.29 is 4.92 Å². The van der Waals surface area contributed by atoms with Crippen molar-refractivity contribution in [2.75, 3.05) is 0 Å². The Hall–Kier alpha value is -2.86. The number of nitrogens with zero attached hydrogens (tertiary/aromatic N) is 3. The number of H-pyrrole nitrogens is 1. The fraction of sp³-hybridized carbons (Fsp3) is 0.0909. The summed E-state index contributed by atoms with van der Waals surface area (Å²) in [5.74, 6) is 5.35. The van der Waals surface area contributed by atoms with Crippen molar-refractivity contribution in [3.63, 3.8) is 0 Å². The minimum absolute atomic E-state index is 0.0118. The van der Waals surface area contributed by atoms with Gasteiger partial charge in [-0.1, -0.05) is 5.92 Å². The van der Waals surface area contributed by atoms with Gasteiger partial charge >= 0.3 is 0 Å². The molecule has 0 bridgehead atoms. The number of aromatic amines is 1. The van der Waals surface area contributed by atoms with Crippen LogP contribution < -0.4 is 0 Å². The molecule has 82 valence electrons. The van der Waals surface area contributed by atoms with Gasteiger partial charge in [0.2, 0.25) is 0 Å². The summed E-state index contributed by atoms with van der Waals surface area (Å²) in [6, 6.07) is 6.24. The Labute approximate surface area is 96.0 Å². The number of nitrogens with one attached hydrogen (secondary N) is 1. The lowest BCUT2D eigenvalue weighted by Gasteiger charge is -1.90. The molecule has 6 nitrogen and oxygen atoms in total. The van der Waals surface area contributed by atoms with Gasteiger partial charge in [0.15, 0.2) is 0 Å². The second-order valence-corrected chi connectivity index (χ2v) is 3.19. The van der Waals surface area contributed by atoms with Gasteiger partial charge in [0.25, 0.3) is 5.69 Å². The van der Waals surface area contributed by atoms with E-state index in [1.54, 1.807) is 6.07 Å². The van der Waals surface area contributed by atoms with Crippen molar-refractivity contribution in [3.8, 4) is 17.9 Å². The molecule has 2 rings (SSSR count). The number of rotatable bonds is 1. The highest BCUT2D eigenvalue weighted by Crippen LogP contribution is 2.21. The first-order valence-corrected chi connectivity index (χ1v) is 4.70. The lowest BCUT2D eigenvalue weighted by molar-refractivity contribution is -0.384. The molecule has 17 heavy (non-hydrogen) atoms. The summed E-state index contributed by atoms with van der Waals surface area (Å²) in [7, 11) is 0. The lowest BCUT2D eigenvalue weighted by Crippen LogP contribution is -1.86. The number of hydrogen-bond donors (Lipinski definition) is 1. The van der Waals surface area contributed by atoms with Gasteiger partial charge in [-0.3, -0.25) is 15.2 Å². The van der Waals surface area contributed by atoms with E-state index in [1.165, 1.54) is 12.1 Å². The molecule has 0 saturated carbocycles. The Morgan fingerprint density at radius 1 is 1.53 bits per heavy atom. The zero-order chi connectivity index (χ0) is 12.3. The summed E-state index contributed by atoms with van der Waals surface area (Å²) < 4.78 is 0. The SMILES string of the molecule is N#CCC#Cc1[nH]nc2ccc([N+](=O)[O-])cc12. The highest BCUT2D eigenvalue weighted by molar-refractivity contribution is 5.86. The van der Waals surface area contributed by atoms with Crippen LogP contribution in [0.2, 0.25) is 0 Å². The van der Waals surface area contributed by atoms with Crippen LogP contribution in [0.3, 0.4) is 0 Å². The van der Waals surface area contributed by atoms with E-state index in [-0.39, 0.29) is 12.1 Å². The third-order valence-corrected chi connectivity index (χ3v) is 2.13. The average Bonchev–Trinajstić information content (AvgIpc) is 2.72. The molecule has 6 heteroatoms. The Morgan fingerprint density at radius 3 is 3.06 bits per heavy atom. The summed E-state index contributed by atoms with van der Waals surface area (Å²) in [4.78, 5) is 10.2. The number of nitriles is 1.